The first-order valence-electron chi connectivity index (χ1n) is 4.96. The summed E-state index contributed by atoms with van der Waals surface area (Å²) in [5.74, 6) is 0.0310. The molecule has 1 aliphatic rings. The first-order valence-corrected chi connectivity index (χ1v) is 4.96. The number of aromatic nitrogens is 1. The lowest BCUT2D eigenvalue weighted by atomic mass is 10.2. The highest BCUT2D eigenvalue weighted by atomic mass is 19.4. The van der Waals surface area contributed by atoms with Crippen molar-refractivity contribution in [3.63, 3.8) is 0 Å². The average molecular weight is 232 g/mol. The predicted molar refractivity (Wildman–Crippen MR) is 51.1 cm³/mol. The van der Waals surface area contributed by atoms with Gasteiger partial charge < -0.3 is 10.1 Å². The second-order valence-corrected chi connectivity index (χ2v) is 3.61. The summed E-state index contributed by atoms with van der Waals surface area (Å²) < 4.78 is 42.5. The first kappa shape index (κ1) is 11.2. The van der Waals surface area contributed by atoms with Gasteiger partial charge in [-0.05, 0) is 19.0 Å². The Morgan fingerprint density at radius 1 is 1.44 bits per heavy atom. The third-order valence-electron chi connectivity index (χ3n) is 2.36. The molecule has 2 rings (SSSR count). The number of ether oxygens (including phenoxy) is 1. The maximum Gasteiger partial charge on any atom is 0.416 e. The lowest BCUT2D eigenvalue weighted by Gasteiger charge is -2.13. The standard InChI is InChI=1S/C10H11F3N2O/c11-10(12,13)7-1-4-15-9(5-7)16-8-2-3-14-6-8/h1,4-5,8,14H,2-3,6H2/t8-/m1/s1. The number of alkyl halides is 3. The maximum absolute atomic E-state index is 12.4. The molecule has 1 aliphatic heterocycles. The summed E-state index contributed by atoms with van der Waals surface area (Å²) in [6, 6.07) is 1.86. The van der Waals surface area contributed by atoms with Gasteiger partial charge in [0, 0.05) is 18.8 Å². The molecule has 0 amide bonds. The summed E-state index contributed by atoms with van der Waals surface area (Å²) in [6.45, 7) is 1.47. The minimum absolute atomic E-state index is 0.0310. The number of nitrogens with zero attached hydrogens (tertiary/aromatic N) is 1. The third kappa shape index (κ3) is 2.63. The van der Waals surface area contributed by atoms with Gasteiger partial charge in [-0.25, -0.2) is 4.98 Å². The molecule has 0 aliphatic carbocycles. The van der Waals surface area contributed by atoms with Gasteiger partial charge in [0.2, 0.25) is 5.88 Å². The van der Waals surface area contributed by atoms with Gasteiger partial charge in [0.15, 0.2) is 0 Å². The van der Waals surface area contributed by atoms with Gasteiger partial charge >= 0.3 is 6.18 Å². The quantitative estimate of drug-likeness (QED) is 0.844. The molecule has 0 spiro atoms. The fraction of sp³-hybridized carbons (Fsp3) is 0.500. The average Bonchev–Trinajstić information content (AvgIpc) is 2.70. The van der Waals surface area contributed by atoms with Crippen molar-refractivity contribution in [1.29, 1.82) is 0 Å². The van der Waals surface area contributed by atoms with Gasteiger partial charge in [-0.1, -0.05) is 0 Å². The molecular formula is C10H11F3N2O. The van der Waals surface area contributed by atoms with Crippen LogP contribution in [0, 0.1) is 0 Å². The van der Waals surface area contributed by atoms with Crippen LogP contribution in [0.2, 0.25) is 0 Å². The Morgan fingerprint density at radius 3 is 2.88 bits per heavy atom. The lowest BCUT2D eigenvalue weighted by Crippen LogP contribution is -2.20. The van der Waals surface area contributed by atoms with Crippen LogP contribution in [-0.2, 0) is 6.18 Å². The van der Waals surface area contributed by atoms with Crippen molar-refractivity contribution >= 4 is 0 Å². The van der Waals surface area contributed by atoms with Gasteiger partial charge in [-0.15, -0.1) is 0 Å². The summed E-state index contributed by atoms with van der Waals surface area (Å²) in [7, 11) is 0. The lowest BCUT2D eigenvalue weighted by molar-refractivity contribution is -0.137. The molecule has 0 saturated carbocycles. The van der Waals surface area contributed by atoms with Crippen LogP contribution in [0.15, 0.2) is 18.3 Å². The largest absolute Gasteiger partial charge is 0.473 e. The zero-order valence-electron chi connectivity index (χ0n) is 8.42. The summed E-state index contributed by atoms with van der Waals surface area (Å²) in [5.41, 5.74) is -0.733. The highest BCUT2D eigenvalue weighted by Gasteiger charge is 2.31. The number of hydrogen-bond acceptors (Lipinski definition) is 3. The molecular weight excluding hydrogens is 221 g/mol. The zero-order valence-corrected chi connectivity index (χ0v) is 8.42. The molecule has 16 heavy (non-hydrogen) atoms. The smallest absolute Gasteiger partial charge is 0.416 e. The summed E-state index contributed by atoms with van der Waals surface area (Å²) >= 11 is 0. The molecule has 1 saturated heterocycles. The van der Waals surface area contributed by atoms with Crippen molar-refractivity contribution < 1.29 is 17.9 Å². The molecule has 1 aromatic heterocycles. The van der Waals surface area contributed by atoms with Crippen molar-refractivity contribution in [3.8, 4) is 5.88 Å². The van der Waals surface area contributed by atoms with Gasteiger partial charge in [0.25, 0.3) is 0 Å². The highest BCUT2D eigenvalue weighted by Crippen LogP contribution is 2.30. The number of hydrogen-bond donors (Lipinski definition) is 1. The van der Waals surface area contributed by atoms with Crippen molar-refractivity contribution in [2.24, 2.45) is 0 Å². The Labute approximate surface area is 90.6 Å². The van der Waals surface area contributed by atoms with Crippen molar-refractivity contribution in [1.82, 2.24) is 10.3 Å². The molecule has 0 radical (unpaired) electrons. The van der Waals surface area contributed by atoms with E-state index in [1.807, 2.05) is 0 Å². The molecule has 1 atom stereocenters. The molecule has 3 nitrogen and oxygen atoms in total. The van der Waals surface area contributed by atoms with E-state index in [0.717, 1.165) is 31.3 Å². The van der Waals surface area contributed by atoms with Crippen molar-refractivity contribution in [2.45, 2.75) is 18.7 Å². The van der Waals surface area contributed by atoms with Crippen LogP contribution in [-0.4, -0.2) is 24.2 Å². The number of nitrogens with one attached hydrogen (secondary N) is 1. The molecule has 2 heterocycles. The summed E-state index contributed by atoms with van der Waals surface area (Å²) in [5, 5.41) is 3.06. The predicted octanol–water partition coefficient (Wildman–Crippen LogP) is 1.84. The maximum atomic E-state index is 12.4. The fourth-order valence-electron chi connectivity index (χ4n) is 1.55. The van der Waals surface area contributed by atoms with E-state index in [4.69, 9.17) is 4.74 Å². The third-order valence-corrected chi connectivity index (χ3v) is 2.36. The highest BCUT2D eigenvalue weighted by molar-refractivity contribution is 5.23. The van der Waals surface area contributed by atoms with Crippen LogP contribution in [0.1, 0.15) is 12.0 Å². The minimum Gasteiger partial charge on any atom is -0.473 e. The number of rotatable bonds is 2. The van der Waals surface area contributed by atoms with E-state index in [2.05, 4.69) is 10.3 Å². The van der Waals surface area contributed by atoms with E-state index in [1.165, 1.54) is 0 Å². The van der Waals surface area contributed by atoms with Gasteiger partial charge in [-0.2, -0.15) is 13.2 Å². The molecule has 0 unspecified atom stereocenters. The Hall–Kier alpha value is -1.30. The molecule has 88 valence electrons. The Kier molecular flexibility index (Phi) is 3.00. The van der Waals surface area contributed by atoms with Crippen LogP contribution in [0.5, 0.6) is 5.88 Å². The van der Waals surface area contributed by atoms with Gasteiger partial charge in [0.1, 0.15) is 6.10 Å². The van der Waals surface area contributed by atoms with E-state index in [0.29, 0.717) is 6.54 Å². The number of halogens is 3. The van der Waals surface area contributed by atoms with Crippen LogP contribution in [0.25, 0.3) is 0 Å². The van der Waals surface area contributed by atoms with Gasteiger partial charge in [-0.3, -0.25) is 0 Å². The van der Waals surface area contributed by atoms with Crippen molar-refractivity contribution in [3.05, 3.63) is 23.9 Å². The molecule has 0 aromatic carbocycles. The van der Waals surface area contributed by atoms with Crippen molar-refractivity contribution in [2.75, 3.05) is 13.1 Å². The van der Waals surface area contributed by atoms with Crippen LogP contribution < -0.4 is 10.1 Å². The SMILES string of the molecule is FC(F)(F)c1ccnc(O[C@@H]2CCNC2)c1. The summed E-state index contributed by atoms with van der Waals surface area (Å²) in [4.78, 5) is 3.77. The second kappa shape index (κ2) is 4.29. The molecule has 1 N–H and O–H groups in total. The molecule has 1 fully saturated rings. The van der Waals surface area contributed by atoms with Crippen LogP contribution in [0.4, 0.5) is 13.2 Å². The molecule has 1 aromatic rings. The second-order valence-electron chi connectivity index (χ2n) is 3.61. The normalized spacial score (nSPS) is 21.1. The number of pyridine rings is 1. The topological polar surface area (TPSA) is 34.1 Å². The fourth-order valence-corrected chi connectivity index (χ4v) is 1.55. The first-order chi connectivity index (χ1) is 7.55. The Bertz CT molecular complexity index is 361. The van der Waals surface area contributed by atoms with Crippen LogP contribution in [0.3, 0.4) is 0 Å². The van der Waals surface area contributed by atoms with Crippen LogP contribution >= 0.6 is 0 Å². The monoisotopic (exact) mass is 232 g/mol. The van der Waals surface area contributed by atoms with E-state index in [1.54, 1.807) is 0 Å². The Balaban J connectivity index is 2.09. The molecule has 6 heteroatoms. The molecule has 0 bridgehead atoms. The summed E-state index contributed by atoms with van der Waals surface area (Å²) in [6.07, 6.45) is -2.54. The zero-order chi connectivity index (χ0) is 11.6. The van der Waals surface area contributed by atoms with E-state index in [-0.39, 0.29) is 12.0 Å². The van der Waals surface area contributed by atoms with Gasteiger partial charge in [0.05, 0.1) is 5.56 Å². The van der Waals surface area contributed by atoms with E-state index >= 15 is 0 Å². The Morgan fingerprint density at radius 2 is 2.25 bits per heavy atom. The van der Waals surface area contributed by atoms with E-state index in [9.17, 15) is 13.2 Å². The minimum atomic E-state index is -4.35. The van der Waals surface area contributed by atoms with E-state index < -0.39 is 11.7 Å².